The van der Waals surface area contributed by atoms with Crippen LogP contribution in [0.4, 0.5) is 0 Å². The zero-order chi connectivity index (χ0) is 17.6. The summed E-state index contributed by atoms with van der Waals surface area (Å²) in [6, 6.07) is 9.13. The highest BCUT2D eigenvalue weighted by molar-refractivity contribution is 5.78. The van der Waals surface area contributed by atoms with Gasteiger partial charge in [-0.05, 0) is 29.8 Å². The van der Waals surface area contributed by atoms with Crippen LogP contribution < -0.4 is 14.8 Å². The van der Waals surface area contributed by atoms with E-state index in [0.717, 1.165) is 5.56 Å². The van der Waals surface area contributed by atoms with Gasteiger partial charge >= 0.3 is 0 Å². The molecule has 1 N–H and O–H groups in total. The van der Waals surface area contributed by atoms with Crippen LogP contribution in [0.2, 0.25) is 0 Å². The normalized spacial score (nSPS) is 12.0. The van der Waals surface area contributed by atoms with Crippen molar-refractivity contribution < 1.29 is 23.5 Å². The van der Waals surface area contributed by atoms with E-state index >= 15 is 0 Å². The number of furan rings is 1. The second-order valence-corrected chi connectivity index (χ2v) is 5.73. The van der Waals surface area contributed by atoms with Crippen LogP contribution in [0.1, 0.15) is 24.7 Å². The van der Waals surface area contributed by atoms with Crippen molar-refractivity contribution in [2.45, 2.75) is 26.4 Å². The summed E-state index contributed by atoms with van der Waals surface area (Å²) >= 11 is 0. The Hall–Kier alpha value is -2.96. The third kappa shape index (κ3) is 4.53. The van der Waals surface area contributed by atoms with Gasteiger partial charge in [-0.15, -0.1) is 0 Å². The maximum atomic E-state index is 11.9. The molecule has 0 aliphatic carbocycles. The first-order valence-corrected chi connectivity index (χ1v) is 8.05. The minimum Gasteiger partial charge on any atom is -0.467 e. The standard InChI is InChI=1S/C18H20N2O5/c1-13(21)20(7-6-18(22)19-10-15-3-2-8-23-15)11-14-4-5-16-17(9-14)25-12-24-16/h2-5,8-9H,6-7,10-12H2,1H3,(H,19,22). The van der Waals surface area contributed by atoms with Gasteiger partial charge in [0.15, 0.2) is 11.5 Å². The number of hydrogen-bond donors (Lipinski definition) is 1. The zero-order valence-electron chi connectivity index (χ0n) is 14.0. The Morgan fingerprint density at radius 2 is 2.04 bits per heavy atom. The molecule has 1 aromatic heterocycles. The van der Waals surface area contributed by atoms with Crippen LogP contribution in [0.5, 0.6) is 11.5 Å². The number of nitrogens with zero attached hydrogens (tertiary/aromatic N) is 1. The molecule has 0 saturated carbocycles. The van der Waals surface area contributed by atoms with Crippen molar-refractivity contribution in [3.8, 4) is 11.5 Å². The SMILES string of the molecule is CC(=O)N(CCC(=O)NCc1ccco1)Cc1ccc2c(c1)OCO2. The molecule has 1 aliphatic heterocycles. The second kappa shape index (κ2) is 7.74. The first kappa shape index (κ1) is 16.9. The van der Waals surface area contributed by atoms with Gasteiger partial charge in [-0.1, -0.05) is 6.07 Å². The van der Waals surface area contributed by atoms with Gasteiger partial charge in [0.05, 0.1) is 12.8 Å². The fourth-order valence-corrected chi connectivity index (χ4v) is 2.53. The summed E-state index contributed by atoms with van der Waals surface area (Å²) in [5.74, 6) is 1.86. The lowest BCUT2D eigenvalue weighted by Gasteiger charge is -2.21. The first-order chi connectivity index (χ1) is 12.1. The summed E-state index contributed by atoms with van der Waals surface area (Å²) in [6.07, 6.45) is 1.79. The molecule has 7 heteroatoms. The molecule has 132 valence electrons. The first-order valence-electron chi connectivity index (χ1n) is 8.05. The van der Waals surface area contributed by atoms with Crippen molar-refractivity contribution in [1.82, 2.24) is 10.2 Å². The van der Waals surface area contributed by atoms with Gasteiger partial charge in [0.2, 0.25) is 18.6 Å². The Morgan fingerprint density at radius 1 is 1.20 bits per heavy atom. The predicted octanol–water partition coefficient (Wildman–Crippen LogP) is 2.06. The Morgan fingerprint density at radius 3 is 2.80 bits per heavy atom. The van der Waals surface area contributed by atoms with E-state index in [2.05, 4.69) is 5.32 Å². The van der Waals surface area contributed by atoms with Crippen molar-refractivity contribution in [3.63, 3.8) is 0 Å². The van der Waals surface area contributed by atoms with Crippen LogP contribution >= 0.6 is 0 Å². The van der Waals surface area contributed by atoms with Crippen molar-refractivity contribution in [2.24, 2.45) is 0 Å². The average molecular weight is 344 g/mol. The van der Waals surface area contributed by atoms with Gasteiger partial charge in [-0.25, -0.2) is 0 Å². The molecule has 7 nitrogen and oxygen atoms in total. The number of ether oxygens (including phenoxy) is 2. The fraction of sp³-hybridized carbons (Fsp3) is 0.333. The largest absolute Gasteiger partial charge is 0.467 e. The zero-order valence-corrected chi connectivity index (χ0v) is 14.0. The molecule has 1 aromatic carbocycles. The van der Waals surface area contributed by atoms with Gasteiger partial charge in [0.1, 0.15) is 5.76 Å². The summed E-state index contributed by atoms with van der Waals surface area (Å²) < 4.78 is 15.8. The summed E-state index contributed by atoms with van der Waals surface area (Å²) in [5, 5.41) is 2.77. The van der Waals surface area contributed by atoms with Gasteiger partial charge in [0, 0.05) is 26.4 Å². The van der Waals surface area contributed by atoms with Crippen LogP contribution in [0.15, 0.2) is 41.0 Å². The van der Waals surface area contributed by atoms with Gasteiger partial charge in [-0.3, -0.25) is 9.59 Å². The predicted molar refractivity (Wildman–Crippen MR) is 88.8 cm³/mol. The van der Waals surface area contributed by atoms with Crippen molar-refractivity contribution in [2.75, 3.05) is 13.3 Å². The van der Waals surface area contributed by atoms with E-state index < -0.39 is 0 Å². The topological polar surface area (TPSA) is 81.0 Å². The Balaban J connectivity index is 1.51. The number of nitrogens with one attached hydrogen (secondary N) is 1. The maximum absolute atomic E-state index is 11.9. The summed E-state index contributed by atoms with van der Waals surface area (Å²) in [4.78, 5) is 25.4. The van der Waals surface area contributed by atoms with Crippen LogP contribution in [-0.2, 0) is 22.7 Å². The third-order valence-electron chi connectivity index (χ3n) is 3.90. The van der Waals surface area contributed by atoms with Crippen molar-refractivity contribution in [3.05, 3.63) is 47.9 Å². The highest BCUT2D eigenvalue weighted by Gasteiger charge is 2.16. The molecule has 0 unspecified atom stereocenters. The van der Waals surface area contributed by atoms with Crippen LogP contribution in [0.25, 0.3) is 0 Å². The Bertz CT molecular complexity index is 742. The van der Waals surface area contributed by atoms with Crippen LogP contribution in [0, 0.1) is 0 Å². The molecule has 0 fully saturated rings. The molecule has 0 spiro atoms. The number of hydrogen-bond acceptors (Lipinski definition) is 5. The molecule has 2 heterocycles. The van der Waals surface area contributed by atoms with Gasteiger partial charge < -0.3 is 24.1 Å². The molecular weight excluding hydrogens is 324 g/mol. The molecule has 0 radical (unpaired) electrons. The van der Waals surface area contributed by atoms with E-state index in [1.807, 2.05) is 18.2 Å². The smallest absolute Gasteiger partial charge is 0.231 e. The maximum Gasteiger partial charge on any atom is 0.231 e. The Kier molecular flexibility index (Phi) is 5.23. The monoisotopic (exact) mass is 344 g/mol. The summed E-state index contributed by atoms with van der Waals surface area (Å²) in [7, 11) is 0. The number of rotatable bonds is 7. The van der Waals surface area contributed by atoms with E-state index in [1.54, 1.807) is 23.3 Å². The molecule has 0 bridgehead atoms. The number of fused-ring (bicyclic) bond motifs is 1. The molecule has 2 amide bonds. The number of carbonyl (C=O) groups is 2. The fourth-order valence-electron chi connectivity index (χ4n) is 2.53. The summed E-state index contributed by atoms with van der Waals surface area (Å²) in [5.41, 5.74) is 0.926. The van der Waals surface area contributed by atoms with E-state index in [9.17, 15) is 9.59 Å². The number of carbonyl (C=O) groups excluding carboxylic acids is 2. The highest BCUT2D eigenvalue weighted by Crippen LogP contribution is 2.32. The summed E-state index contributed by atoms with van der Waals surface area (Å²) in [6.45, 7) is 2.80. The van der Waals surface area contributed by atoms with Crippen LogP contribution in [0.3, 0.4) is 0 Å². The lowest BCUT2D eigenvalue weighted by Crippen LogP contribution is -2.33. The lowest BCUT2D eigenvalue weighted by atomic mass is 10.2. The lowest BCUT2D eigenvalue weighted by molar-refractivity contribution is -0.130. The third-order valence-corrected chi connectivity index (χ3v) is 3.90. The van der Waals surface area contributed by atoms with Crippen molar-refractivity contribution in [1.29, 1.82) is 0 Å². The highest BCUT2D eigenvalue weighted by atomic mass is 16.7. The van der Waals surface area contributed by atoms with Crippen molar-refractivity contribution >= 4 is 11.8 Å². The van der Waals surface area contributed by atoms with E-state index in [0.29, 0.717) is 36.9 Å². The van der Waals surface area contributed by atoms with E-state index in [4.69, 9.17) is 13.9 Å². The van der Waals surface area contributed by atoms with E-state index in [1.165, 1.54) is 6.92 Å². The van der Waals surface area contributed by atoms with Gasteiger partial charge in [-0.2, -0.15) is 0 Å². The minimum atomic E-state index is -0.131. The average Bonchev–Trinajstić information content (AvgIpc) is 3.27. The quantitative estimate of drug-likeness (QED) is 0.831. The number of benzene rings is 1. The van der Waals surface area contributed by atoms with Gasteiger partial charge in [0.25, 0.3) is 0 Å². The molecule has 3 rings (SSSR count). The molecule has 25 heavy (non-hydrogen) atoms. The van der Waals surface area contributed by atoms with E-state index in [-0.39, 0.29) is 25.0 Å². The molecule has 2 aromatic rings. The molecule has 0 atom stereocenters. The Labute approximate surface area is 145 Å². The molecule has 0 saturated heterocycles. The second-order valence-electron chi connectivity index (χ2n) is 5.73. The molecular formula is C18H20N2O5. The number of amides is 2. The minimum absolute atomic E-state index is 0.0866. The molecule has 1 aliphatic rings. The van der Waals surface area contributed by atoms with Crippen LogP contribution in [-0.4, -0.2) is 30.1 Å².